The summed E-state index contributed by atoms with van der Waals surface area (Å²) < 4.78 is 11.6. The summed E-state index contributed by atoms with van der Waals surface area (Å²) in [6, 6.07) is 19.3. The number of benzene rings is 3. The van der Waals surface area contributed by atoms with Crippen molar-refractivity contribution in [1.29, 1.82) is 0 Å². The fourth-order valence-electron chi connectivity index (χ4n) is 2.79. The Morgan fingerprint density at radius 1 is 1.07 bits per heavy atom. The van der Waals surface area contributed by atoms with Crippen molar-refractivity contribution in [2.24, 2.45) is 0 Å². The minimum atomic E-state index is -0.609. The van der Waals surface area contributed by atoms with Crippen LogP contribution in [0.1, 0.15) is 12.5 Å². The molecule has 140 valence electrons. The van der Waals surface area contributed by atoms with Crippen LogP contribution < -0.4 is 14.8 Å². The Bertz CT molecular complexity index is 936. The van der Waals surface area contributed by atoms with Crippen LogP contribution in [0, 0.1) is 6.92 Å². The van der Waals surface area contributed by atoms with E-state index in [1.165, 1.54) is 0 Å². The lowest BCUT2D eigenvalue weighted by molar-refractivity contribution is -0.127. The van der Waals surface area contributed by atoms with Crippen molar-refractivity contribution in [3.05, 3.63) is 71.2 Å². The van der Waals surface area contributed by atoms with E-state index in [1.807, 2.05) is 49.4 Å². The van der Waals surface area contributed by atoms with Gasteiger partial charge in [0.2, 0.25) is 0 Å². The van der Waals surface area contributed by atoms with E-state index < -0.39 is 6.10 Å². The zero-order valence-corrected chi connectivity index (χ0v) is 16.1. The summed E-state index contributed by atoms with van der Waals surface area (Å²) >= 11 is 5.94. The first kappa shape index (κ1) is 19.1. The predicted octanol–water partition coefficient (Wildman–Crippen LogP) is 4.76. The van der Waals surface area contributed by atoms with Crippen LogP contribution in [-0.4, -0.2) is 25.2 Å². The molecule has 1 N–H and O–H groups in total. The third kappa shape index (κ3) is 4.92. The number of halogens is 1. The molecule has 0 aliphatic carbocycles. The molecule has 3 aromatic rings. The second kappa shape index (κ2) is 8.78. The van der Waals surface area contributed by atoms with Crippen LogP contribution >= 0.6 is 11.6 Å². The van der Waals surface area contributed by atoms with Crippen LogP contribution in [0.15, 0.2) is 60.7 Å². The lowest BCUT2D eigenvalue weighted by Gasteiger charge is -2.16. The van der Waals surface area contributed by atoms with Crippen molar-refractivity contribution in [3.8, 4) is 11.5 Å². The first-order chi connectivity index (χ1) is 13.0. The summed E-state index contributed by atoms with van der Waals surface area (Å²) in [4.78, 5) is 12.2. The summed E-state index contributed by atoms with van der Waals surface area (Å²) in [5, 5.41) is 5.66. The number of carbonyl (C=O) groups is 1. The van der Waals surface area contributed by atoms with Crippen LogP contribution in [0.2, 0.25) is 5.02 Å². The number of rotatable bonds is 7. The molecule has 1 amide bonds. The van der Waals surface area contributed by atoms with Crippen molar-refractivity contribution >= 4 is 28.3 Å². The second-order valence-corrected chi connectivity index (χ2v) is 6.72. The minimum absolute atomic E-state index is 0.189. The molecule has 0 aliphatic heterocycles. The van der Waals surface area contributed by atoms with Crippen molar-refractivity contribution in [3.63, 3.8) is 0 Å². The van der Waals surface area contributed by atoms with Crippen molar-refractivity contribution in [2.75, 3.05) is 13.2 Å². The van der Waals surface area contributed by atoms with Crippen molar-refractivity contribution in [1.82, 2.24) is 5.32 Å². The van der Waals surface area contributed by atoms with Crippen molar-refractivity contribution < 1.29 is 14.3 Å². The minimum Gasteiger partial charge on any atom is -0.491 e. The zero-order chi connectivity index (χ0) is 19.2. The van der Waals surface area contributed by atoms with Crippen LogP contribution in [0.25, 0.3) is 10.8 Å². The SMILES string of the molecule is Cc1cc(Cl)ccc1OC(C)C(=O)NCCOc1cccc2ccccc12. The van der Waals surface area contributed by atoms with E-state index in [0.717, 1.165) is 22.1 Å². The largest absolute Gasteiger partial charge is 0.491 e. The second-order valence-electron chi connectivity index (χ2n) is 6.29. The molecule has 1 atom stereocenters. The molecular weight excluding hydrogens is 362 g/mol. The van der Waals surface area contributed by atoms with E-state index in [0.29, 0.717) is 23.9 Å². The molecule has 0 aliphatic rings. The van der Waals surface area contributed by atoms with Gasteiger partial charge >= 0.3 is 0 Å². The van der Waals surface area contributed by atoms with E-state index in [9.17, 15) is 4.79 Å². The van der Waals surface area contributed by atoms with Gasteiger partial charge in [0, 0.05) is 10.4 Å². The van der Waals surface area contributed by atoms with Gasteiger partial charge in [0.1, 0.15) is 18.1 Å². The Kier molecular flexibility index (Phi) is 6.20. The number of hydrogen-bond donors (Lipinski definition) is 1. The normalized spacial score (nSPS) is 11.8. The molecule has 0 aromatic heterocycles. The Hall–Kier alpha value is -2.72. The quantitative estimate of drug-likeness (QED) is 0.598. The van der Waals surface area contributed by atoms with Gasteiger partial charge in [0.25, 0.3) is 5.91 Å². The van der Waals surface area contributed by atoms with E-state index in [1.54, 1.807) is 25.1 Å². The van der Waals surface area contributed by atoms with Gasteiger partial charge in [-0.1, -0.05) is 48.0 Å². The maximum Gasteiger partial charge on any atom is 0.260 e. The highest BCUT2D eigenvalue weighted by molar-refractivity contribution is 6.30. The molecule has 3 aromatic carbocycles. The molecule has 0 spiro atoms. The highest BCUT2D eigenvalue weighted by Crippen LogP contribution is 2.25. The maximum atomic E-state index is 12.2. The number of fused-ring (bicyclic) bond motifs is 1. The van der Waals surface area contributed by atoms with Crippen LogP contribution in [-0.2, 0) is 4.79 Å². The van der Waals surface area contributed by atoms with Crippen LogP contribution in [0.4, 0.5) is 0 Å². The number of amides is 1. The summed E-state index contributed by atoms with van der Waals surface area (Å²) in [6.07, 6.45) is -0.609. The first-order valence-corrected chi connectivity index (χ1v) is 9.23. The van der Waals surface area contributed by atoms with Gasteiger partial charge < -0.3 is 14.8 Å². The molecule has 0 fully saturated rings. The molecule has 0 heterocycles. The first-order valence-electron chi connectivity index (χ1n) is 8.85. The van der Waals surface area contributed by atoms with Gasteiger partial charge in [0.15, 0.2) is 6.10 Å². The van der Waals surface area contributed by atoms with E-state index in [-0.39, 0.29) is 5.91 Å². The van der Waals surface area contributed by atoms with Gasteiger partial charge in [-0.2, -0.15) is 0 Å². The van der Waals surface area contributed by atoms with E-state index in [4.69, 9.17) is 21.1 Å². The Labute approximate surface area is 164 Å². The highest BCUT2D eigenvalue weighted by atomic mass is 35.5. The number of ether oxygens (including phenoxy) is 2. The predicted molar refractivity (Wildman–Crippen MR) is 109 cm³/mol. The van der Waals surface area contributed by atoms with Crippen molar-refractivity contribution in [2.45, 2.75) is 20.0 Å². The molecule has 5 heteroatoms. The topological polar surface area (TPSA) is 47.6 Å². The number of nitrogens with one attached hydrogen (secondary N) is 1. The summed E-state index contributed by atoms with van der Waals surface area (Å²) in [7, 11) is 0. The van der Waals surface area contributed by atoms with Gasteiger partial charge in [-0.3, -0.25) is 4.79 Å². The Morgan fingerprint density at radius 2 is 1.85 bits per heavy atom. The van der Waals surface area contributed by atoms with Gasteiger partial charge in [-0.25, -0.2) is 0 Å². The Balaban J connectivity index is 1.49. The molecule has 0 saturated carbocycles. The van der Waals surface area contributed by atoms with Gasteiger partial charge in [-0.05, 0) is 49.1 Å². The zero-order valence-electron chi connectivity index (χ0n) is 15.4. The van der Waals surface area contributed by atoms with E-state index >= 15 is 0 Å². The van der Waals surface area contributed by atoms with Crippen LogP contribution in [0.5, 0.6) is 11.5 Å². The number of aryl methyl sites for hydroxylation is 1. The summed E-state index contributed by atoms with van der Waals surface area (Å²) in [6.45, 7) is 4.39. The summed E-state index contributed by atoms with van der Waals surface area (Å²) in [5.41, 5.74) is 0.890. The molecule has 0 bridgehead atoms. The van der Waals surface area contributed by atoms with E-state index in [2.05, 4.69) is 5.32 Å². The smallest absolute Gasteiger partial charge is 0.260 e. The molecule has 3 rings (SSSR count). The molecule has 0 radical (unpaired) electrons. The molecule has 0 saturated heterocycles. The standard InChI is InChI=1S/C22H22ClNO3/c1-15-14-18(23)10-11-20(15)27-16(2)22(25)24-12-13-26-21-9-5-7-17-6-3-4-8-19(17)21/h3-11,14,16H,12-13H2,1-2H3,(H,24,25). The summed E-state index contributed by atoms with van der Waals surface area (Å²) in [5.74, 6) is 1.27. The number of hydrogen-bond acceptors (Lipinski definition) is 3. The van der Waals surface area contributed by atoms with Crippen LogP contribution in [0.3, 0.4) is 0 Å². The lowest BCUT2D eigenvalue weighted by Crippen LogP contribution is -2.38. The fraction of sp³-hybridized carbons (Fsp3) is 0.227. The molecule has 4 nitrogen and oxygen atoms in total. The monoisotopic (exact) mass is 383 g/mol. The molecular formula is C22H22ClNO3. The average molecular weight is 384 g/mol. The fourth-order valence-corrected chi connectivity index (χ4v) is 3.02. The maximum absolute atomic E-state index is 12.2. The highest BCUT2D eigenvalue weighted by Gasteiger charge is 2.15. The van der Waals surface area contributed by atoms with Gasteiger partial charge in [-0.15, -0.1) is 0 Å². The number of carbonyl (C=O) groups excluding carboxylic acids is 1. The lowest BCUT2D eigenvalue weighted by atomic mass is 10.1. The third-order valence-electron chi connectivity index (χ3n) is 4.22. The van der Waals surface area contributed by atoms with Gasteiger partial charge in [0.05, 0.1) is 6.54 Å². The molecule has 1 unspecified atom stereocenters. The third-order valence-corrected chi connectivity index (χ3v) is 4.45. The average Bonchev–Trinajstić information content (AvgIpc) is 2.67. The Morgan fingerprint density at radius 3 is 2.67 bits per heavy atom. The molecule has 27 heavy (non-hydrogen) atoms.